The van der Waals surface area contributed by atoms with Gasteiger partial charge in [-0.3, -0.25) is 19.7 Å². The predicted octanol–water partition coefficient (Wildman–Crippen LogP) is 1.47. The van der Waals surface area contributed by atoms with Crippen LogP contribution in [0.3, 0.4) is 0 Å². The van der Waals surface area contributed by atoms with E-state index >= 15 is 0 Å². The highest BCUT2D eigenvalue weighted by Crippen LogP contribution is 2.08. The van der Waals surface area contributed by atoms with E-state index in [0.29, 0.717) is 0 Å². The zero-order chi connectivity index (χ0) is 20.4. The Hall–Kier alpha value is -3.19. The Morgan fingerprint density at radius 1 is 0.786 bits per heavy atom. The summed E-state index contributed by atoms with van der Waals surface area (Å²) in [7, 11) is 0. The molecular formula is C21H24N2O5. The van der Waals surface area contributed by atoms with Gasteiger partial charge in [0.1, 0.15) is 6.04 Å². The van der Waals surface area contributed by atoms with Crippen molar-refractivity contribution in [2.24, 2.45) is 0 Å². The van der Waals surface area contributed by atoms with Gasteiger partial charge in [0, 0.05) is 6.54 Å². The van der Waals surface area contributed by atoms with E-state index in [2.05, 4.69) is 10.6 Å². The maximum Gasteiger partial charge on any atom is 0.321 e. The fourth-order valence-electron chi connectivity index (χ4n) is 2.80. The first-order valence-electron chi connectivity index (χ1n) is 9.02. The number of benzene rings is 2. The molecule has 0 spiro atoms. The molecular weight excluding hydrogens is 360 g/mol. The van der Waals surface area contributed by atoms with E-state index in [1.807, 2.05) is 60.7 Å². The van der Waals surface area contributed by atoms with Gasteiger partial charge in [0.05, 0.1) is 12.5 Å². The zero-order valence-corrected chi connectivity index (χ0v) is 15.4. The number of hydrogen-bond acceptors (Lipinski definition) is 4. The quantitative estimate of drug-likeness (QED) is 0.466. The molecule has 7 nitrogen and oxygen atoms in total. The van der Waals surface area contributed by atoms with E-state index in [1.54, 1.807) is 0 Å². The van der Waals surface area contributed by atoms with E-state index < -0.39 is 29.9 Å². The van der Waals surface area contributed by atoms with Crippen LogP contribution in [0.5, 0.6) is 0 Å². The van der Waals surface area contributed by atoms with Crippen LogP contribution in [-0.2, 0) is 27.2 Å². The number of hydrogen-bond donors (Lipinski definition) is 4. The first-order valence-corrected chi connectivity index (χ1v) is 9.02. The maximum atomic E-state index is 12.6. The van der Waals surface area contributed by atoms with Crippen LogP contribution in [0.4, 0.5) is 0 Å². The Balaban J connectivity index is 2.11. The molecule has 0 saturated carbocycles. The van der Waals surface area contributed by atoms with Crippen molar-refractivity contribution in [3.8, 4) is 0 Å². The molecule has 2 rings (SSSR count). The van der Waals surface area contributed by atoms with E-state index in [9.17, 15) is 19.5 Å². The molecule has 0 fully saturated rings. The van der Waals surface area contributed by atoms with Crippen LogP contribution < -0.4 is 10.6 Å². The fourth-order valence-corrected chi connectivity index (χ4v) is 2.80. The first-order chi connectivity index (χ1) is 13.5. The summed E-state index contributed by atoms with van der Waals surface area (Å²) >= 11 is 0. The predicted molar refractivity (Wildman–Crippen MR) is 104 cm³/mol. The van der Waals surface area contributed by atoms with Crippen LogP contribution in [0.1, 0.15) is 17.5 Å². The number of nitrogens with one attached hydrogen (secondary N) is 2. The summed E-state index contributed by atoms with van der Waals surface area (Å²) < 4.78 is 0. The van der Waals surface area contributed by atoms with Gasteiger partial charge in [-0.05, 0) is 24.0 Å². The van der Waals surface area contributed by atoms with Crippen molar-refractivity contribution in [3.05, 3.63) is 71.8 Å². The minimum Gasteiger partial charge on any atom is -0.481 e. The smallest absolute Gasteiger partial charge is 0.321 e. The highest BCUT2D eigenvalue weighted by molar-refractivity contribution is 5.84. The topological polar surface area (TPSA) is 116 Å². The summed E-state index contributed by atoms with van der Waals surface area (Å²) in [6, 6.07) is 16.6. The third kappa shape index (κ3) is 7.20. The highest BCUT2D eigenvalue weighted by atomic mass is 16.4. The lowest BCUT2D eigenvalue weighted by Gasteiger charge is -2.23. The van der Waals surface area contributed by atoms with Crippen LogP contribution in [0, 0.1) is 0 Å². The van der Waals surface area contributed by atoms with Crippen LogP contribution in [0.15, 0.2) is 60.7 Å². The number of carbonyl (C=O) groups excluding carboxylic acids is 1. The number of aliphatic carboxylic acids is 2. The van der Waals surface area contributed by atoms with Crippen LogP contribution >= 0.6 is 0 Å². The summed E-state index contributed by atoms with van der Waals surface area (Å²) in [6.45, 7) is -0.0163. The molecule has 0 radical (unpaired) electrons. The Bertz CT molecular complexity index is 780. The Kier molecular flexibility index (Phi) is 8.17. The molecule has 0 aliphatic rings. The maximum absolute atomic E-state index is 12.6. The third-order valence-corrected chi connectivity index (χ3v) is 4.22. The first kappa shape index (κ1) is 21.1. The molecule has 28 heavy (non-hydrogen) atoms. The Morgan fingerprint density at radius 3 is 1.75 bits per heavy atom. The Labute approximate surface area is 163 Å². The normalized spacial score (nSPS) is 12.7. The van der Waals surface area contributed by atoms with Crippen molar-refractivity contribution in [2.75, 3.05) is 6.54 Å². The third-order valence-electron chi connectivity index (χ3n) is 4.22. The summed E-state index contributed by atoms with van der Waals surface area (Å²) in [5.41, 5.74) is 1.71. The second-order valence-corrected chi connectivity index (χ2v) is 6.42. The van der Waals surface area contributed by atoms with Gasteiger partial charge in [0.25, 0.3) is 0 Å². The van der Waals surface area contributed by atoms with Gasteiger partial charge in [-0.1, -0.05) is 60.7 Å². The molecule has 4 N–H and O–H groups in total. The minimum absolute atomic E-state index is 0.0163. The van der Waals surface area contributed by atoms with Gasteiger partial charge in [0.15, 0.2) is 0 Å². The molecule has 7 heteroatoms. The van der Waals surface area contributed by atoms with Gasteiger partial charge in [-0.25, -0.2) is 0 Å². The van der Waals surface area contributed by atoms with Crippen molar-refractivity contribution in [1.82, 2.24) is 10.6 Å². The molecule has 0 aromatic heterocycles. The van der Waals surface area contributed by atoms with Crippen molar-refractivity contribution in [2.45, 2.75) is 31.3 Å². The molecule has 148 valence electrons. The summed E-state index contributed by atoms with van der Waals surface area (Å²) in [6.07, 6.45) is 0.318. The van der Waals surface area contributed by atoms with Crippen molar-refractivity contribution in [1.29, 1.82) is 0 Å². The average Bonchev–Trinajstić information content (AvgIpc) is 2.68. The van der Waals surface area contributed by atoms with Gasteiger partial charge in [-0.2, -0.15) is 0 Å². The molecule has 0 saturated heterocycles. The van der Waals surface area contributed by atoms with E-state index in [4.69, 9.17) is 5.11 Å². The standard InChI is InChI=1S/C21H24N2O5/c24-19(25)11-12-22-20(26)17(13-15-7-3-1-4-8-15)23-18(21(27)28)14-16-9-5-2-6-10-16/h1-10,17-18,23H,11-14H2,(H,22,26)(H,24,25)(H,27,28)/t17-,18?/m0/s1. The van der Waals surface area contributed by atoms with E-state index in [0.717, 1.165) is 11.1 Å². The molecule has 2 atom stereocenters. The van der Waals surface area contributed by atoms with Gasteiger partial charge < -0.3 is 15.5 Å². The molecule has 0 bridgehead atoms. The van der Waals surface area contributed by atoms with Gasteiger partial charge in [0.2, 0.25) is 5.91 Å². The van der Waals surface area contributed by atoms with E-state index in [1.165, 1.54) is 0 Å². The van der Waals surface area contributed by atoms with Crippen molar-refractivity contribution < 1.29 is 24.6 Å². The minimum atomic E-state index is -1.06. The lowest BCUT2D eigenvalue weighted by atomic mass is 10.0. The largest absolute Gasteiger partial charge is 0.481 e. The summed E-state index contributed by atoms with van der Waals surface area (Å²) in [5.74, 6) is -2.50. The second-order valence-electron chi connectivity index (χ2n) is 6.42. The van der Waals surface area contributed by atoms with Crippen molar-refractivity contribution >= 4 is 17.8 Å². The number of amides is 1. The highest BCUT2D eigenvalue weighted by Gasteiger charge is 2.26. The SMILES string of the molecule is O=C(O)CCNC(=O)[C@H](Cc1ccccc1)NC(Cc1ccccc1)C(=O)O. The van der Waals surface area contributed by atoms with Crippen LogP contribution in [0.2, 0.25) is 0 Å². The lowest BCUT2D eigenvalue weighted by molar-refractivity contribution is -0.140. The number of carbonyl (C=O) groups is 3. The molecule has 2 aromatic carbocycles. The average molecular weight is 384 g/mol. The van der Waals surface area contributed by atoms with E-state index in [-0.39, 0.29) is 25.8 Å². The molecule has 1 unspecified atom stereocenters. The van der Waals surface area contributed by atoms with Gasteiger partial charge in [-0.15, -0.1) is 0 Å². The molecule has 0 aliphatic carbocycles. The number of rotatable bonds is 11. The molecule has 0 heterocycles. The lowest BCUT2D eigenvalue weighted by Crippen LogP contribution is -2.53. The Morgan fingerprint density at radius 2 is 1.29 bits per heavy atom. The molecule has 1 amide bonds. The summed E-state index contributed by atoms with van der Waals surface area (Å²) in [4.78, 5) is 35.0. The van der Waals surface area contributed by atoms with Crippen LogP contribution in [-0.4, -0.2) is 46.7 Å². The van der Waals surface area contributed by atoms with Crippen LogP contribution in [0.25, 0.3) is 0 Å². The molecule has 0 aliphatic heterocycles. The second kappa shape index (κ2) is 10.8. The number of carboxylic acids is 2. The van der Waals surface area contributed by atoms with Crippen molar-refractivity contribution in [3.63, 3.8) is 0 Å². The fraction of sp³-hybridized carbons (Fsp3) is 0.286. The molecule has 2 aromatic rings. The monoisotopic (exact) mass is 384 g/mol. The van der Waals surface area contributed by atoms with Gasteiger partial charge >= 0.3 is 11.9 Å². The summed E-state index contributed by atoms with van der Waals surface area (Å²) in [5, 5.41) is 23.8. The number of carboxylic acid groups (broad SMARTS) is 2. The zero-order valence-electron chi connectivity index (χ0n) is 15.4.